The van der Waals surface area contributed by atoms with E-state index in [1.807, 2.05) is 45.0 Å². The molecular formula is C34H46F3N3O3. The molecule has 0 saturated carbocycles. The fraction of sp³-hybridized carbons (Fsp3) is 0.559. The van der Waals surface area contributed by atoms with Crippen LogP contribution in [0.15, 0.2) is 53.1 Å². The highest BCUT2D eigenvalue weighted by Crippen LogP contribution is 2.37. The van der Waals surface area contributed by atoms with Gasteiger partial charge >= 0.3 is 12.3 Å². The van der Waals surface area contributed by atoms with Crippen molar-refractivity contribution in [3.05, 3.63) is 71.0 Å². The second-order valence-corrected chi connectivity index (χ2v) is 12.6. The van der Waals surface area contributed by atoms with Crippen LogP contribution in [0.3, 0.4) is 0 Å². The number of amides is 1. The number of rotatable bonds is 16. The Morgan fingerprint density at radius 3 is 2.00 bits per heavy atom. The first-order valence-corrected chi connectivity index (χ1v) is 15.5. The number of hydrogen-bond donors (Lipinski definition) is 1. The summed E-state index contributed by atoms with van der Waals surface area (Å²) in [5, 5.41) is 14.3. The Labute approximate surface area is 253 Å². The van der Waals surface area contributed by atoms with Crippen molar-refractivity contribution in [2.45, 2.75) is 117 Å². The van der Waals surface area contributed by atoms with E-state index in [4.69, 9.17) is 4.52 Å². The van der Waals surface area contributed by atoms with Gasteiger partial charge in [-0.05, 0) is 53.6 Å². The number of aryl methyl sites for hydroxylation is 1. The van der Waals surface area contributed by atoms with Gasteiger partial charge in [0.1, 0.15) is 0 Å². The topological polar surface area (TPSA) is 79.5 Å². The maximum Gasteiger partial charge on any atom is 0.416 e. The number of nitrogens with zero attached hydrogens (tertiary/aromatic N) is 3. The minimum Gasteiger partial charge on any atom is -0.465 e. The zero-order valence-corrected chi connectivity index (χ0v) is 25.9. The van der Waals surface area contributed by atoms with Crippen molar-refractivity contribution in [2.75, 3.05) is 0 Å². The lowest BCUT2D eigenvalue weighted by molar-refractivity contribution is -0.137. The van der Waals surface area contributed by atoms with Gasteiger partial charge in [0.2, 0.25) is 0 Å². The zero-order chi connectivity index (χ0) is 31.5. The van der Waals surface area contributed by atoms with Crippen LogP contribution in [0.25, 0.3) is 11.5 Å². The van der Waals surface area contributed by atoms with Gasteiger partial charge < -0.3 is 9.63 Å². The SMILES string of the molecule is CCCCCCCCCCCc1noc(-c2ccc(CN(C(=O)O)[C@@H](CC(C)(C)C)c3ccc(C(F)(F)F)cc3)cc2)n1. The van der Waals surface area contributed by atoms with Crippen LogP contribution in [-0.4, -0.2) is 26.2 Å². The van der Waals surface area contributed by atoms with Gasteiger partial charge in [-0.15, -0.1) is 0 Å². The fourth-order valence-electron chi connectivity index (χ4n) is 5.21. The van der Waals surface area contributed by atoms with Gasteiger partial charge in [0.15, 0.2) is 5.82 Å². The van der Waals surface area contributed by atoms with Crippen molar-refractivity contribution in [1.82, 2.24) is 15.0 Å². The molecule has 0 aliphatic rings. The third kappa shape index (κ3) is 11.3. The smallest absolute Gasteiger partial charge is 0.416 e. The van der Waals surface area contributed by atoms with Crippen LogP contribution in [0.2, 0.25) is 0 Å². The Hall–Kier alpha value is -3.36. The quantitative estimate of drug-likeness (QED) is 0.165. The highest BCUT2D eigenvalue weighted by atomic mass is 19.4. The summed E-state index contributed by atoms with van der Waals surface area (Å²) in [6, 6.07) is 11.4. The van der Waals surface area contributed by atoms with Crippen LogP contribution in [0, 0.1) is 5.41 Å². The third-order valence-electron chi connectivity index (χ3n) is 7.58. The van der Waals surface area contributed by atoms with E-state index in [0.29, 0.717) is 23.7 Å². The van der Waals surface area contributed by atoms with Gasteiger partial charge in [-0.1, -0.05) is 108 Å². The summed E-state index contributed by atoms with van der Waals surface area (Å²) in [5.41, 5.74) is 0.971. The van der Waals surface area contributed by atoms with E-state index in [2.05, 4.69) is 17.1 Å². The van der Waals surface area contributed by atoms with Gasteiger partial charge in [0.25, 0.3) is 5.89 Å². The maximum atomic E-state index is 13.1. The maximum absolute atomic E-state index is 13.1. The molecule has 1 heterocycles. The first-order chi connectivity index (χ1) is 20.4. The molecule has 0 spiro atoms. The molecule has 6 nitrogen and oxygen atoms in total. The Balaban J connectivity index is 1.62. The van der Waals surface area contributed by atoms with Gasteiger partial charge in [-0.25, -0.2) is 4.79 Å². The first kappa shape index (κ1) is 34.1. The summed E-state index contributed by atoms with van der Waals surface area (Å²) in [7, 11) is 0. The number of carbonyl (C=O) groups is 1. The molecule has 236 valence electrons. The lowest BCUT2D eigenvalue weighted by Crippen LogP contribution is -2.35. The second kappa shape index (κ2) is 15.9. The summed E-state index contributed by atoms with van der Waals surface area (Å²) in [5.74, 6) is 1.10. The van der Waals surface area contributed by atoms with Crippen molar-refractivity contribution in [1.29, 1.82) is 0 Å². The average Bonchev–Trinajstić information content (AvgIpc) is 3.42. The Kier molecular flexibility index (Phi) is 12.6. The van der Waals surface area contributed by atoms with E-state index in [0.717, 1.165) is 42.5 Å². The Morgan fingerprint density at radius 1 is 0.884 bits per heavy atom. The van der Waals surface area contributed by atoms with Crippen molar-refractivity contribution in [3.63, 3.8) is 0 Å². The van der Waals surface area contributed by atoms with Crippen LogP contribution in [0.4, 0.5) is 18.0 Å². The van der Waals surface area contributed by atoms with Gasteiger partial charge in [0, 0.05) is 18.5 Å². The summed E-state index contributed by atoms with van der Waals surface area (Å²) >= 11 is 0. The number of unbranched alkanes of at least 4 members (excludes halogenated alkanes) is 8. The molecule has 0 aliphatic heterocycles. The number of carboxylic acid groups (broad SMARTS) is 1. The first-order valence-electron chi connectivity index (χ1n) is 15.5. The molecule has 1 amide bonds. The molecule has 9 heteroatoms. The lowest BCUT2D eigenvalue weighted by Gasteiger charge is -2.34. The van der Waals surface area contributed by atoms with Gasteiger partial charge in [-0.3, -0.25) is 4.90 Å². The Morgan fingerprint density at radius 2 is 1.47 bits per heavy atom. The summed E-state index contributed by atoms with van der Waals surface area (Å²) in [4.78, 5) is 18.3. The summed E-state index contributed by atoms with van der Waals surface area (Å²) < 4.78 is 44.9. The minimum absolute atomic E-state index is 0.0745. The zero-order valence-electron chi connectivity index (χ0n) is 25.9. The van der Waals surface area contributed by atoms with E-state index < -0.39 is 23.9 Å². The van der Waals surface area contributed by atoms with E-state index in [1.165, 1.54) is 62.0 Å². The number of halogens is 3. The fourth-order valence-corrected chi connectivity index (χ4v) is 5.21. The van der Waals surface area contributed by atoms with Crippen LogP contribution in [0.1, 0.15) is 120 Å². The normalized spacial score (nSPS) is 12.8. The molecule has 0 saturated heterocycles. The third-order valence-corrected chi connectivity index (χ3v) is 7.58. The minimum atomic E-state index is -4.46. The van der Waals surface area contributed by atoms with Crippen LogP contribution in [0.5, 0.6) is 0 Å². The van der Waals surface area contributed by atoms with E-state index in [-0.39, 0.29) is 12.0 Å². The van der Waals surface area contributed by atoms with E-state index in [9.17, 15) is 23.1 Å². The van der Waals surface area contributed by atoms with Crippen molar-refractivity contribution in [2.24, 2.45) is 5.41 Å². The summed E-state index contributed by atoms with van der Waals surface area (Å²) in [6.07, 6.45) is 6.83. The van der Waals surface area contributed by atoms with Crippen molar-refractivity contribution < 1.29 is 27.6 Å². The molecule has 1 aromatic heterocycles. The predicted octanol–water partition coefficient (Wildman–Crippen LogP) is 10.5. The standard InChI is InChI=1S/C34H46F3N3O3/c1-5-6-7-8-9-10-11-12-13-14-30-38-31(43-39-30)27-17-15-25(16-18-27)24-40(32(41)42)29(23-33(2,3)4)26-19-21-28(22-20-26)34(35,36)37/h15-22,29H,5-14,23-24H2,1-4H3,(H,41,42)/t29-/m0/s1. The molecule has 0 unspecified atom stereocenters. The number of hydrogen-bond acceptors (Lipinski definition) is 4. The molecule has 1 N–H and O–H groups in total. The van der Waals surface area contributed by atoms with Crippen LogP contribution in [-0.2, 0) is 19.1 Å². The van der Waals surface area contributed by atoms with Crippen molar-refractivity contribution >= 4 is 6.09 Å². The van der Waals surface area contributed by atoms with Crippen LogP contribution < -0.4 is 0 Å². The molecule has 0 radical (unpaired) electrons. The van der Waals surface area contributed by atoms with Crippen LogP contribution >= 0.6 is 0 Å². The van der Waals surface area contributed by atoms with Gasteiger partial charge in [-0.2, -0.15) is 18.2 Å². The molecule has 2 aromatic carbocycles. The lowest BCUT2D eigenvalue weighted by atomic mass is 9.84. The molecule has 3 aromatic rings. The molecule has 0 bridgehead atoms. The molecule has 1 atom stereocenters. The van der Waals surface area contributed by atoms with E-state index in [1.54, 1.807) is 0 Å². The molecular weight excluding hydrogens is 555 g/mol. The molecule has 0 aliphatic carbocycles. The predicted molar refractivity (Wildman–Crippen MR) is 162 cm³/mol. The largest absolute Gasteiger partial charge is 0.465 e. The van der Waals surface area contributed by atoms with Gasteiger partial charge in [0.05, 0.1) is 11.6 Å². The number of alkyl halides is 3. The summed E-state index contributed by atoms with van der Waals surface area (Å²) in [6.45, 7) is 8.24. The van der Waals surface area contributed by atoms with E-state index >= 15 is 0 Å². The molecule has 43 heavy (non-hydrogen) atoms. The molecule has 3 rings (SSSR count). The monoisotopic (exact) mass is 601 g/mol. The average molecular weight is 602 g/mol. The van der Waals surface area contributed by atoms with Crippen molar-refractivity contribution in [3.8, 4) is 11.5 Å². The Bertz CT molecular complexity index is 1250. The number of aromatic nitrogens is 2. The highest BCUT2D eigenvalue weighted by Gasteiger charge is 2.33. The molecule has 0 fully saturated rings. The highest BCUT2D eigenvalue weighted by molar-refractivity contribution is 5.66. The number of benzene rings is 2. The second-order valence-electron chi connectivity index (χ2n) is 12.6.